The first-order valence-electron chi connectivity index (χ1n) is 5.91. The Morgan fingerprint density at radius 1 is 1.38 bits per heavy atom. The largest absolute Gasteiger partial charge is 0.384 e. The maximum atomic E-state index is 6.14. The highest BCUT2D eigenvalue weighted by molar-refractivity contribution is 6.33. The number of allylic oxidation sites excluding steroid dienone is 2. The summed E-state index contributed by atoms with van der Waals surface area (Å²) in [5, 5.41) is 4.27. The zero-order valence-electron chi connectivity index (χ0n) is 9.67. The van der Waals surface area contributed by atoms with Crippen molar-refractivity contribution >= 4 is 17.3 Å². The number of halogens is 1. The van der Waals surface area contributed by atoms with Crippen LogP contribution in [-0.4, -0.2) is 6.54 Å². The van der Waals surface area contributed by atoms with Crippen LogP contribution in [0.2, 0.25) is 5.02 Å². The van der Waals surface area contributed by atoms with Crippen LogP contribution in [0.25, 0.3) is 0 Å². The topological polar surface area (TPSA) is 12.0 Å². The molecule has 1 atom stereocenters. The molecule has 1 aliphatic carbocycles. The fraction of sp³-hybridized carbons (Fsp3) is 0.429. The van der Waals surface area contributed by atoms with Crippen molar-refractivity contribution in [3.05, 3.63) is 40.9 Å². The lowest BCUT2D eigenvalue weighted by Crippen LogP contribution is -2.15. The fourth-order valence-electron chi connectivity index (χ4n) is 2.07. The van der Waals surface area contributed by atoms with Crippen molar-refractivity contribution in [2.45, 2.75) is 26.2 Å². The first-order valence-corrected chi connectivity index (χ1v) is 6.28. The normalized spacial score (nSPS) is 19.8. The Bertz CT molecular complexity index is 384. The van der Waals surface area contributed by atoms with Crippen molar-refractivity contribution in [3.63, 3.8) is 0 Å². The molecule has 1 N–H and O–H groups in total. The number of hydrogen-bond acceptors (Lipinski definition) is 1. The van der Waals surface area contributed by atoms with Crippen LogP contribution in [0.5, 0.6) is 0 Å². The molecule has 0 spiro atoms. The minimum Gasteiger partial charge on any atom is -0.384 e. The molecule has 86 valence electrons. The van der Waals surface area contributed by atoms with Crippen molar-refractivity contribution in [2.75, 3.05) is 11.9 Å². The first-order chi connectivity index (χ1) is 7.75. The van der Waals surface area contributed by atoms with Gasteiger partial charge in [-0.25, -0.2) is 0 Å². The van der Waals surface area contributed by atoms with Crippen LogP contribution < -0.4 is 5.32 Å². The summed E-state index contributed by atoms with van der Waals surface area (Å²) in [4.78, 5) is 0. The molecule has 0 saturated heterocycles. The molecule has 16 heavy (non-hydrogen) atoms. The lowest BCUT2D eigenvalue weighted by Gasteiger charge is -2.19. The van der Waals surface area contributed by atoms with Gasteiger partial charge in [0.15, 0.2) is 0 Å². The van der Waals surface area contributed by atoms with Gasteiger partial charge in [0, 0.05) is 6.54 Å². The van der Waals surface area contributed by atoms with Gasteiger partial charge in [0.25, 0.3) is 0 Å². The van der Waals surface area contributed by atoms with Crippen LogP contribution >= 0.6 is 11.6 Å². The zero-order valence-corrected chi connectivity index (χ0v) is 10.4. The van der Waals surface area contributed by atoms with Crippen molar-refractivity contribution in [3.8, 4) is 0 Å². The summed E-state index contributed by atoms with van der Waals surface area (Å²) in [5.74, 6) is 0.751. The van der Waals surface area contributed by atoms with Gasteiger partial charge in [-0.05, 0) is 49.8 Å². The third-order valence-electron chi connectivity index (χ3n) is 3.08. The molecule has 0 saturated carbocycles. The predicted molar refractivity (Wildman–Crippen MR) is 71.2 cm³/mol. The molecule has 0 bridgehead atoms. The molecule has 0 radical (unpaired) electrons. The second kappa shape index (κ2) is 5.40. The van der Waals surface area contributed by atoms with Crippen LogP contribution in [-0.2, 0) is 0 Å². The van der Waals surface area contributed by atoms with E-state index in [1.165, 1.54) is 24.8 Å². The third kappa shape index (κ3) is 3.02. The molecule has 0 amide bonds. The lowest BCUT2D eigenvalue weighted by atomic mass is 9.94. The number of aryl methyl sites for hydroxylation is 1. The lowest BCUT2D eigenvalue weighted by molar-refractivity contribution is 0.504. The van der Waals surface area contributed by atoms with E-state index in [1.54, 1.807) is 0 Å². The van der Waals surface area contributed by atoms with E-state index in [4.69, 9.17) is 11.6 Å². The average molecular weight is 236 g/mol. The number of hydrogen-bond donors (Lipinski definition) is 1. The summed E-state index contributed by atoms with van der Waals surface area (Å²) < 4.78 is 0. The van der Waals surface area contributed by atoms with E-state index in [-0.39, 0.29) is 0 Å². The second-order valence-electron chi connectivity index (χ2n) is 4.51. The molecular weight excluding hydrogens is 218 g/mol. The molecule has 1 aliphatic rings. The van der Waals surface area contributed by atoms with Gasteiger partial charge in [-0.3, -0.25) is 0 Å². The number of nitrogens with one attached hydrogen (secondary N) is 1. The Balaban J connectivity index is 1.93. The zero-order chi connectivity index (χ0) is 11.4. The number of anilines is 1. The van der Waals surface area contributed by atoms with Crippen LogP contribution in [0.15, 0.2) is 30.4 Å². The van der Waals surface area contributed by atoms with Gasteiger partial charge in [0.05, 0.1) is 10.7 Å². The molecule has 0 heterocycles. The fourth-order valence-corrected chi connectivity index (χ4v) is 2.25. The summed E-state index contributed by atoms with van der Waals surface area (Å²) in [6, 6.07) is 6.11. The number of benzene rings is 1. The van der Waals surface area contributed by atoms with Crippen LogP contribution in [0, 0.1) is 12.8 Å². The standard InChI is InChI=1S/C14H18ClN/c1-11-7-8-13(15)14(9-11)16-10-12-5-3-2-4-6-12/h2-3,7-9,12,16H,4-6,10H2,1H3. The monoisotopic (exact) mass is 235 g/mol. The predicted octanol–water partition coefficient (Wildman–Crippen LogP) is 4.42. The maximum absolute atomic E-state index is 6.14. The molecule has 1 aromatic carbocycles. The molecule has 1 unspecified atom stereocenters. The highest BCUT2D eigenvalue weighted by Crippen LogP contribution is 2.24. The summed E-state index contributed by atoms with van der Waals surface area (Å²) >= 11 is 6.14. The van der Waals surface area contributed by atoms with E-state index in [0.717, 1.165) is 23.2 Å². The Hall–Kier alpha value is -0.950. The molecule has 0 fully saturated rings. The molecule has 2 rings (SSSR count). The van der Waals surface area contributed by atoms with Gasteiger partial charge in [0.1, 0.15) is 0 Å². The van der Waals surface area contributed by atoms with E-state index >= 15 is 0 Å². The minimum atomic E-state index is 0.751. The highest BCUT2D eigenvalue weighted by Gasteiger charge is 2.10. The smallest absolute Gasteiger partial charge is 0.0637 e. The van der Waals surface area contributed by atoms with Crippen molar-refractivity contribution in [1.82, 2.24) is 0 Å². The Labute approximate surface area is 103 Å². The molecule has 0 aliphatic heterocycles. The van der Waals surface area contributed by atoms with Gasteiger partial charge in [-0.15, -0.1) is 0 Å². The second-order valence-corrected chi connectivity index (χ2v) is 4.92. The van der Waals surface area contributed by atoms with E-state index in [1.807, 2.05) is 12.1 Å². The molecule has 1 aromatic rings. The molecule has 1 nitrogen and oxygen atoms in total. The van der Waals surface area contributed by atoms with Crippen LogP contribution in [0.3, 0.4) is 0 Å². The maximum Gasteiger partial charge on any atom is 0.0637 e. The van der Waals surface area contributed by atoms with Crippen LogP contribution in [0.1, 0.15) is 24.8 Å². The van der Waals surface area contributed by atoms with E-state index in [9.17, 15) is 0 Å². The van der Waals surface area contributed by atoms with Crippen molar-refractivity contribution in [2.24, 2.45) is 5.92 Å². The summed E-state index contributed by atoms with van der Waals surface area (Å²) in [6.07, 6.45) is 8.25. The van der Waals surface area contributed by atoms with E-state index < -0.39 is 0 Å². The number of rotatable bonds is 3. The van der Waals surface area contributed by atoms with Gasteiger partial charge >= 0.3 is 0 Å². The summed E-state index contributed by atoms with van der Waals surface area (Å²) in [6.45, 7) is 3.11. The van der Waals surface area contributed by atoms with Crippen LogP contribution in [0.4, 0.5) is 5.69 Å². The van der Waals surface area contributed by atoms with Gasteiger partial charge < -0.3 is 5.32 Å². The molecule has 2 heteroatoms. The van der Waals surface area contributed by atoms with E-state index in [0.29, 0.717) is 0 Å². The van der Waals surface area contributed by atoms with Gasteiger partial charge in [0.2, 0.25) is 0 Å². The molecular formula is C14H18ClN. The Morgan fingerprint density at radius 2 is 2.25 bits per heavy atom. The van der Waals surface area contributed by atoms with Crippen molar-refractivity contribution in [1.29, 1.82) is 0 Å². The minimum absolute atomic E-state index is 0.751. The first kappa shape index (κ1) is 11.5. The SMILES string of the molecule is Cc1ccc(Cl)c(NCC2CC=CCC2)c1. The highest BCUT2D eigenvalue weighted by atomic mass is 35.5. The van der Waals surface area contributed by atoms with Crippen molar-refractivity contribution < 1.29 is 0 Å². The molecule has 0 aromatic heterocycles. The summed E-state index contributed by atoms with van der Waals surface area (Å²) in [5.41, 5.74) is 2.31. The Morgan fingerprint density at radius 3 is 3.00 bits per heavy atom. The van der Waals surface area contributed by atoms with Gasteiger partial charge in [-0.1, -0.05) is 29.8 Å². The Kier molecular flexibility index (Phi) is 3.89. The average Bonchev–Trinajstić information content (AvgIpc) is 2.32. The third-order valence-corrected chi connectivity index (χ3v) is 3.41. The quantitative estimate of drug-likeness (QED) is 0.765. The van der Waals surface area contributed by atoms with Gasteiger partial charge in [-0.2, -0.15) is 0 Å². The van der Waals surface area contributed by atoms with E-state index in [2.05, 4.69) is 30.5 Å². The summed E-state index contributed by atoms with van der Waals surface area (Å²) in [7, 11) is 0.